The SMILES string of the molecule is C[B]C1CC=CC(C)=N1. The van der Waals surface area contributed by atoms with E-state index < -0.39 is 0 Å². The Labute approximate surface area is 57.1 Å². The van der Waals surface area contributed by atoms with Crippen LogP contribution in [0.3, 0.4) is 0 Å². The number of hydrogen-bond donors (Lipinski definition) is 0. The summed E-state index contributed by atoms with van der Waals surface area (Å²) in [4.78, 5) is 4.38. The first-order valence-corrected chi connectivity index (χ1v) is 3.33. The molecule has 1 rings (SSSR count). The van der Waals surface area contributed by atoms with Crippen LogP contribution in [-0.4, -0.2) is 18.9 Å². The van der Waals surface area contributed by atoms with Crippen LogP contribution in [0.4, 0.5) is 0 Å². The molecule has 1 heterocycles. The molecule has 9 heavy (non-hydrogen) atoms. The highest BCUT2D eigenvalue weighted by molar-refractivity contribution is 6.36. The molecule has 1 nitrogen and oxygen atoms in total. The van der Waals surface area contributed by atoms with E-state index in [-0.39, 0.29) is 0 Å². The minimum atomic E-state index is 0.440. The van der Waals surface area contributed by atoms with E-state index in [1.807, 2.05) is 6.92 Å². The zero-order valence-corrected chi connectivity index (χ0v) is 5.96. The smallest absolute Gasteiger partial charge is 0.140 e. The van der Waals surface area contributed by atoms with Gasteiger partial charge < -0.3 is 0 Å². The maximum Gasteiger partial charge on any atom is 0.140 e. The Hall–Kier alpha value is -0.525. The molecule has 1 aliphatic heterocycles. The van der Waals surface area contributed by atoms with Gasteiger partial charge in [-0.1, -0.05) is 12.9 Å². The third-order valence-electron chi connectivity index (χ3n) is 1.49. The van der Waals surface area contributed by atoms with Crippen LogP contribution in [-0.2, 0) is 0 Å². The van der Waals surface area contributed by atoms with E-state index in [9.17, 15) is 0 Å². The van der Waals surface area contributed by atoms with E-state index in [1.165, 1.54) is 0 Å². The second kappa shape index (κ2) is 2.86. The van der Waals surface area contributed by atoms with Gasteiger partial charge in [0.15, 0.2) is 0 Å². The molecule has 1 unspecified atom stereocenters. The van der Waals surface area contributed by atoms with Crippen molar-refractivity contribution in [2.24, 2.45) is 4.99 Å². The molecule has 1 aliphatic rings. The topological polar surface area (TPSA) is 12.4 Å². The van der Waals surface area contributed by atoms with Gasteiger partial charge in [0.25, 0.3) is 0 Å². The average molecular weight is 120 g/mol. The van der Waals surface area contributed by atoms with Crippen LogP contribution in [0.2, 0.25) is 6.82 Å². The quantitative estimate of drug-likeness (QED) is 0.465. The van der Waals surface area contributed by atoms with Gasteiger partial charge in [0.05, 0.1) is 0 Å². The van der Waals surface area contributed by atoms with E-state index in [0.717, 1.165) is 12.1 Å². The van der Waals surface area contributed by atoms with Crippen molar-refractivity contribution in [2.45, 2.75) is 26.1 Å². The Balaban J connectivity index is 2.55. The summed E-state index contributed by atoms with van der Waals surface area (Å²) in [5, 5.41) is 0. The third-order valence-corrected chi connectivity index (χ3v) is 1.49. The summed E-state index contributed by atoms with van der Waals surface area (Å²) in [6, 6.07) is 0. The molecule has 0 amide bonds. The zero-order chi connectivity index (χ0) is 6.69. The minimum Gasteiger partial charge on any atom is -0.296 e. The fourth-order valence-corrected chi connectivity index (χ4v) is 0.946. The summed E-state index contributed by atoms with van der Waals surface area (Å²) in [6.45, 7) is 4.09. The average Bonchev–Trinajstić information content (AvgIpc) is 1.88. The lowest BCUT2D eigenvalue weighted by molar-refractivity contribution is 0.897. The number of dihydropyridines is 1. The molecule has 2 heteroatoms. The first kappa shape index (κ1) is 6.59. The summed E-state index contributed by atoms with van der Waals surface area (Å²) in [7, 11) is 2.13. The first-order valence-electron chi connectivity index (χ1n) is 3.33. The van der Waals surface area contributed by atoms with Crippen molar-refractivity contribution < 1.29 is 0 Å². The molecular formula is C7H11BN. The van der Waals surface area contributed by atoms with Crippen molar-refractivity contribution in [1.82, 2.24) is 0 Å². The molecule has 0 fully saturated rings. The molecule has 0 saturated heterocycles. The summed E-state index contributed by atoms with van der Waals surface area (Å²) in [5.41, 5.74) is 1.14. The number of rotatable bonds is 1. The van der Waals surface area contributed by atoms with Crippen LogP contribution < -0.4 is 0 Å². The Morgan fingerprint density at radius 3 is 3.00 bits per heavy atom. The van der Waals surface area contributed by atoms with Crippen molar-refractivity contribution in [2.75, 3.05) is 0 Å². The number of allylic oxidation sites excluding steroid dienone is 1. The third kappa shape index (κ3) is 1.70. The molecule has 0 bridgehead atoms. The van der Waals surface area contributed by atoms with Crippen molar-refractivity contribution in [1.29, 1.82) is 0 Å². The normalized spacial score (nSPS) is 25.6. The molecule has 0 aliphatic carbocycles. The number of hydrogen-bond acceptors (Lipinski definition) is 1. The highest BCUT2D eigenvalue weighted by Gasteiger charge is 2.04. The maximum atomic E-state index is 4.38. The molecule has 0 saturated carbocycles. The predicted molar refractivity (Wildman–Crippen MR) is 42.3 cm³/mol. The van der Waals surface area contributed by atoms with Gasteiger partial charge in [0.2, 0.25) is 0 Å². The highest BCUT2D eigenvalue weighted by atomic mass is 14.8. The van der Waals surface area contributed by atoms with E-state index in [1.54, 1.807) is 0 Å². The van der Waals surface area contributed by atoms with Gasteiger partial charge in [-0.3, -0.25) is 4.99 Å². The molecule has 1 radical (unpaired) electrons. The van der Waals surface area contributed by atoms with Crippen LogP contribution in [0, 0.1) is 0 Å². The lowest BCUT2D eigenvalue weighted by Gasteiger charge is -2.10. The summed E-state index contributed by atoms with van der Waals surface area (Å²) in [6.07, 6.45) is 5.32. The fraction of sp³-hybridized carbons (Fsp3) is 0.571. The van der Waals surface area contributed by atoms with Gasteiger partial charge in [-0.25, -0.2) is 0 Å². The minimum absolute atomic E-state index is 0.440. The Morgan fingerprint density at radius 1 is 1.78 bits per heavy atom. The van der Waals surface area contributed by atoms with Crippen LogP contribution in [0.15, 0.2) is 17.1 Å². The van der Waals surface area contributed by atoms with Gasteiger partial charge in [0, 0.05) is 11.7 Å². The molecule has 1 atom stereocenters. The van der Waals surface area contributed by atoms with Crippen molar-refractivity contribution in [3.05, 3.63) is 12.2 Å². The fourth-order valence-electron chi connectivity index (χ4n) is 0.946. The summed E-state index contributed by atoms with van der Waals surface area (Å²) >= 11 is 0. The van der Waals surface area contributed by atoms with E-state index in [2.05, 4.69) is 31.2 Å². The second-order valence-electron chi connectivity index (χ2n) is 2.31. The highest BCUT2D eigenvalue weighted by Crippen LogP contribution is 2.04. The van der Waals surface area contributed by atoms with Gasteiger partial charge in [-0.2, -0.15) is 0 Å². The van der Waals surface area contributed by atoms with Crippen LogP contribution >= 0.6 is 0 Å². The number of nitrogens with zero attached hydrogens (tertiary/aromatic N) is 1. The molecule has 0 spiro atoms. The van der Waals surface area contributed by atoms with Gasteiger partial charge in [-0.05, 0) is 19.4 Å². The first-order chi connectivity index (χ1) is 4.33. The lowest BCUT2D eigenvalue weighted by Crippen LogP contribution is -2.14. The van der Waals surface area contributed by atoms with E-state index >= 15 is 0 Å². The monoisotopic (exact) mass is 120 g/mol. The van der Waals surface area contributed by atoms with Crippen molar-refractivity contribution in [3.63, 3.8) is 0 Å². The number of aliphatic imine (C=N–C) groups is 1. The standard InChI is InChI=1S/C7H11BN/c1-6-4-3-5-7(8-2)9-6/h3-4,7H,5H2,1-2H3. The Bertz CT molecular complexity index is 149. The Kier molecular flexibility index (Phi) is 2.09. The van der Waals surface area contributed by atoms with E-state index in [0.29, 0.717) is 5.94 Å². The molecule has 0 aromatic rings. The van der Waals surface area contributed by atoms with Crippen LogP contribution in [0.25, 0.3) is 0 Å². The van der Waals surface area contributed by atoms with Gasteiger partial charge in [0.1, 0.15) is 7.28 Å². The van der Waals surface area contributed by atoms with Crippen molar-refractivity contribution in [3.8, 4) is 0 Å². The van der Waals surface area contributed by atoms with E-state index in [4.69, 9.17) is 0 Å². The summed E-state index contributed by atoms with van der Waals surface area (Å²) in [5.74, 6) is 0.440. The largest absolute Gasteiger partial charge is 0.296 e. The van der Waals surface area contributed by atoms with Crippen LogP contribution in [0.1, 0.15) is 13.3 Å². The second-order valence-corrected chi connectivity index (χ2v) is 2.31. The lowest BCUT2D eigenvalue weighted by atomic mass is 9.70. The molecule has 0 aromatic carbocycles. The maximum absolute atomic E-state index is 4.38. The zero-order valence-electron chi connectivity index (χ0n) is 5.96. The van der Waals surface area contributed by atoms with Gasteiger partial charge in [-0.15, -0.1) is 0 Å². The van der Waals surface area contributed by atoms with Crippen LogP contribution in [0.5, 0.6) is 0 Å². The molecule has 0 N–H and O–H groups in total. The van der Waals surface area contributed by atoms with Crippen molar-refractivity contribution >= 4 is 13.0 Å². The Morgan fingerprint density at radius 2 is 2.56 bits per heavy atom. The predicted octanol–water partition coefficient (Wildman–Crippen LogP) is 1.49. The molecule has 0 aromatic heterocycles. The summed E-state index contributed by atoms with van der Waals surface area (Å²) < 4.78 is 0. The van der Waals surface area contributed by atoms with Gasteiger partial charge >= 0.3 is 0 Å². The molecular weight excluding hydrogens is 109 g/mol. The molecule has 47 valence electrons.